The monoisotopic (exact) mass is 230 g/mol. The van der Waals surface area contributed by atoms with Gasteiger partial charge in [-0.3, -0.25) is 13.9 Å². The molecule has 0 N–H and O–H groups in total. The first kappa shape index (κ1) is 11.8. The van der Waals surface area contributed by atoms with Crippen molar-refractivity contribution in [2.45, 2.75) is 5.24 Å². The number of aromatic nitrogens is 4. The van der Waals surface area contributed by atoms with E-state index in [4.69, 9.17) is 0 Å². The molecule has 0 aliphatic rings. The van der Waals surface area contributed by atoms with Crippen LogP contribution in [0.2, 0.25) is 0 Å². The quantitative estimate of drug-likeness (QED) is 0.467. The van der Waals surface area contributed by atoms with E-state index in [0.717, 1.165) is 4.57 Å². The normalized spacial score (nSPS) is 12.1. The Bertz CT molecular complexity index is 706. The first-order valence-corrected chi connectivity index (χ1v) is 5.38. The molecule has 0 bridgehead atoms. The second-order valence-electron chi connectivity index (χ2n) is 5.16. The number of hydrogen-bond donors (Lipinski definition) is 0. The molecule has 0 spiro atoms. The molecule has 17 heavy (non-hydrogen) atoms. The number of imidazole rings is 1. The van der Waals surface area contributed by atoms with Gasteiger partial charge in [-0.25, -0.2) is 9.78 Å². The van der Waals surface area contributed by atoms with Gasteiger partial charge in [0.05, 0.1) is 6.33 Å². The van der Waals surface area contributed by atoms with E-state index in [0.29, 0.717) is 11.2 Å². The van der Waals surface area contributed by atoms with Gasteiger partial charge >= 0.3 is 5.69 Å². The maximum absolute atomic E-state index is 12.1. The van der Waals surface area contributed by atoms with E-state index in [-0.39, 0.29) is 16.5 Å². The Balaban J connectivity index is 3.07. The van der Waals surface area contributed by atoms with Gasteiger partial charge in [0, 0.05) is 14.1 Å². The maximum atomic E-state index is 12.1. The third kappa shape index (κ3) is 1.57. The van der Waals surface area contributed by atoms with Crippen LogP contribution in [0.25, 0.3) is 11.2 Å². The molecule has 2 heterocycles. The number of aryl methyl sites for hydroxylation is 1. The molecule has 2 aromatic rings. The minimum absolute atomic E-state index is 0.252. The summed E-state index contributed by atoms with van der Waals surface area (Å²) in [4.78, 5) is 28.0. The van der Waals surface area contributed by atoms with E-state index in [1.807, 2.05) is 23.5 Å². The Hall–Kier alpha value is -1.66. The predicted molar refractivity (Wildman–Crippen MR) is 73.8 cm³/mol. The van der Waals surface area contributed by atoms with Crippen LogP contribution in [0.1, 0.15) is 0 Å². The van der Waals surface area contributed by atoms with Gasteiger partial charge in [0.1, 0.15) is 23.5 Å². The van der Waals surface area contributed by atoms with Crippen LogP contribution < -0.4 is 11.2 Å². The Morgan fingerprint density at radius 1 is 1.18 bits per heavy atom. The number of nitrogens with zero attached hydrogens (tertiary/aromatic N) is 4. The molecule has 0 aliphatic heterocycles. The van der Waals surface area contributed by atoms with Crippen molar-refractivity contribution in [3.63, 3.8) is 0 Å². The summed E-state index contributed by atoms with van der Waals surface area (Å²) in [7, 11) is 9.05. The van der Waals surface area contributed by atoms with Gasteiger partial charge in [0.15, 0.2) is 11.2 Å². The second-order valence-corrected chi connectivity index (χ2v) is 5.16. The van der Waals surface area contributed by atoms with Gasteiger partial charge in [-0.1, -0.05) is 0 Å². The van der Waals surface area contributed by atoms with Gasteiger partial charge in [0.2, 0.25) is 0 Å². The van der Waals surface area contributed by atoms with Crippen LogP contribution in [-0.4, -0.2) is 42.2 Å². The van der Waals surface area contributed by atoms with Crippen LogP contribution in [0.4, 0.5) is 0 Å². The van der Waals surface area contributed by atoms with Crippen molar-refractivity contribution in [3.05, 3.63) is 27.2 Å². The molecule has 0 aliphatic carbocycles. The maximum Gasteiger partial charge on any atom is 0.332 e. The summed E-state index contributed by atoms with van der Waals surface area (Å²) in [5.41, 5.74) is 0.215. The molecule has 0 saturated carbocycles. The second kappa shape index (κ2) is 3.42. The van der Waals surface area contributed by atoms with E-state index in [2.05, 4.69) is 4.98 Å². The van der Waals surface area contributed by atoms with Crippen molar-refractivity contribution in [2.24, 2.45) is 14.1 Å². The fraction of sp³-hybridized carbons (Fsp3) is 0.375. The molecule has 6 nitrogen and oxygen atoms in total. The van der Waals surface area contributed by atoms with Gasteiger partial charge in [-0.2, -0.15) is 0 Å². The predicted octanol–water partition coefficient (Wildman–Crippen LogP) is -4.10. The molecule has 0 saturated heterocycles. The van der Waals surface area contributed by atoms with Gasteiger partial charge in [-0.15, -0.1) is 0 Å². The molecule has 0 fully saturated rings. The highest BCUT2D eigenvalue weighted by Crippen LogP contribution is 2.11. The van der Waals surface area contributed by atoms with E-state index >= 15 is 0 Å². The van der Waals surface area contributed by atoms with E-state index in [9.17, 15) is 9.59 Å². The zero-order valence-corrected chi connectivity index (χ0v) is 10.7. The molecule has 86 valence electrons. The van der Waals surface area contributed by atoms with Crippen LogP contribution >= 0.6 is 0 Å². The average molecular weight is 230 g/mol. The fourth-order valence-corrected chi connectivity index (χ4v) is 1.85. The summed E-state index contributed by atoms with van der Waals surface area (Å²) >= 11 is 0. The standard InChI is InChI=1S/C8H13B3N4O2/c1-13-5-4(6(16)14(2)7(13)17)15(3-12-5)8(9,10)11/h3H,9-11H2,1-2H3. The molecule has 2 aromatic heterocycles. The van der Waals surface area contributed by atoms with Crippen LogP contribution in [0, 0.1) is 0 Å². The van der Waals surface area contributed by atoms with Crippen molar-refractivity contribution in [2.75, 3.05) is 0 Å². The van der Waals surface area contributed by atoms with Crippen molar-refractivity contribution < 1.29 is 0 Å². The number of rotatable bonds is 1. The fourth-order valence-electron chi connectivity index (χ4n) is 1.85. The molecule has 0 atom stereocenters. The highest BCUT2D eigenvalue weighted by atomic mass is 16.2. The molecule has 0 unspecified atom stereocenters. The molecular formula is C8H13B3N4O2. The topological polar surface area (TPSA) is 61.8 Å². The summed E-state index contributed by atoms with van der Waals surface area (Å²) in [5, 5.41) is -0.252. The molecule has 0 aromatic carbocycles. The van der Waals surface area contributed by atoms with E-state index in [1.165, 1.54) is 11.6 Å². The molecule has 2 rings (SSSR count). The Labute approximate surface area is 100 Å². The first-order valence-electron chi connectivity index (χ1n) is 5.38. The lowest BCUT2D eigenvalue weighted by atomic mass is 9.49. The van der Waals surface area contributed by atoms with E-state index in [1.54, 1.807) is 17.9 Å². The van der Waals surface area contributed by atoms with Gasteiger partial charge in [-0.05, 0) is 5.24 Å². The van der Waals surface area contributed by atoms with Crippen LogP contribution in [0.3, 0.4) is 0 Å². The SMILES string of the molecule is BC(B)(B)n1cnc2c1c(=O)n(C)c(=O)n2C. The highest BCUT2D eigenvalue weighted by Gasteiger charge is 2.21. The largest absolute Gasteiger partial charge is 0.343 e. The zero-order chi connectivity index (χ0) is 13.0. The number of fused-ring (bicyclic) bond motifs is 1. The zero-order valence-electron chi connectivity index (χ0n) is 10.7. The van der Waals surface area contributed by atoms with Crippen molar-refractivity contribution in [3.8, 4) is 0 Å². The molecule has 9 heteroatoms. The lowest BCUT2D eigenvalue weighted by molar-refractivity contribution is 0.701. The van der Waals surface area contributed by atoms with Crippen LogP contribution in [0.15, 0.2) is 15.9 Å². The van der Waals surface area contributed by atoms with Crippen LogP contribution in [-0.2, 0) is 19.3 Å². The summed E-state index contributed by atoms with van der Waals surface area (Å²) in [6.45, 7) is 0. The Morgan fingerprint density at radius 3 is 2.29 bits per heavy atom. The lowest BCUT2D eigenvalue weighted by Crippen LogP contribution is -2.41. The third-order valence-corrected chi connectivity index (χ3v) is 2.87. The average Bonchev–Trinajstić information content (AvgIpc) is 2.67. The first-order chi connectivity index (χ1) is 7.75. The lowest BCUT2D eigenvalue weighted by Gasteiger charge is -2.21. The molecular weight excluding hydrogens is 217 g/mol. The Morgan fingerprint density at radius 2 is 1.76 bits per heavy atom. The highest BCUT2D eigenvalue weighted by molar-refractivity contribution is 6.56. The number of hydrogen-bond acceptors (Lipinski definition) is 3. The van der Waals surface area contributed by atoms with Crippen LogP contribution in [0.5, 0.6) is 0 Å². The van der Waals surface area contributed by atoms with E-state index < -0.39 is 0 Å². The van der Waals surface area contributed by atoms with Crippen molar-refractivity contribution in [1.82, 2.24) is 18.7 Å². The summed E-state index contributed by atoms with van der Waals surface area (Å²) in [5.74, 6) is 0. The third-order valence-electron chi connectivity index (χ3n) is 2.87. The smallest absolute Gasteiger partial charge is 0.332 e. The summed E-state index contributed by atoms with van der Waals surface area (Å²) in [6.07, 6.45) is 1.60. The Kier molecular flexibility index (Phi) is 2.38. The minimum atomic E-state index is -0.360. The molecule has 0 radical (unpaired) electrons. The van der Waals surface area contributed by atoms with Crippen molar-refractivity contribution >= 4 is 34.7 Å². The minimum Gasteiger partial charge on any atom is -0.343 e. The summed E-state index contributed by atoms with van der Waals surface area (Å²) < 4.78 is 4.29. The molecule has 0 amide bonds. The van der Waals surface area contributed by atoms with Gasteiger partial charge in [0.25, 0.3) is 5.56 Å². The van der Waals surface area contributed by atoms with Gasteiger partial charge < -0.3 is 4.57 Å². The summed E-state index contributed by atoms with van der Waals surface area (Å²) in [6, 6.07) is 0. The van der Waals surface area contributed by atoms with Crippen molar-refractivity contribution in [1.29, 1.82) is 0 Å².